The number of unbranched alkanes of at least 4 members (excludes halogenated alkanes) is 16. The predicted molar refractivity (Wildman–Crippen MR) is 161 cm³/mol. The van der Waals surface area contributed by atoms with Crippen LogP contribution >= 0.6 is 0 Å². The Morgan fingerprint density at radius 2 is 1.06 bits per heavy atom. The summed E-state index contributed by atoms with van der Waals surface area (Å²) in [7, 11) is -1.76. The number of carbonyl (C=O) groups is 1. The third-order valence-electron chi connectivity index (χ3n) is 8.12. The highest BCUT2D eigenvalue weighted by Gasteiger charge is 2.37. The van der Waals surface area contributed by atoms with Crippen molar-refractivity contribution in [2.45, 2.75) is 194 Å². The SMILES string of the molecule is CCCCCCCCCCCC(=O)O[C@H](CCCCCCCCCCC)CCO[Si](C)(C)C(C)(C)C. The van der Waals surface area contributed by atoms with E-state index >= 15 is 0 Å². The summed E-state index contributed by atoms with van der Waals surface area (Å²) in [6.45, 7) is 16.7. The largest absolute Gasteiger partial charge is 0.462 e. The standard InChI is InChI=1S/C32H66O3Si/c1-8-10-12-14-16-18-20-22-24-26-30(28-29-34-36(6,7)32(3,4)5)35-31(33)27-25-23-21-19-17-15-13-11-9-2/h30H,8-29H2,1-7H3/t30-/m1/s1. The molecule has 0 rings (SSSR count). The average Bonchev–Trinajstić information content (AvgIpc) is 2.81. The molecular formula is C32H66O3Si. The molecule has 0 aromatic rings. The van der Waals surface area contributed by atoms with E-state index in [4.69, 9.17) is 9.16 Å². The second kappa shape index (κ2) is 22.6. The van der Waals surface area contributed by atoms with Gasteiger partial charge in [-0.1, -0.05) is 137 Å². The topological polar surface area (TPSA) is 35.5 Å². The first kappa shape index (κ1) is 35.6. The predicted octanol–water partition coefficient (Wildman–Crippen LogP) is 11.2. The second-order valence-corrected chi connectivity index (χ2v) is 17.5. The van der Waals surface area contributed by atoms with Gasteiger partial charge in [-0.15, -0.1) is 0 Å². The van der Waals surface area contributed by atoms with E-state index in [1.54, 1.807) is 0 Å². The maximum Gasteiger partial charge on any atom is 0.306 e. The van der Waals surface area contributed by atoms with Gasteiger partial charge in [-0.3, -0.25) is 4.79 Å². The molecule has 0 saturated heterocycles. The Labute approximate surface area is 228 Å². The Balaban J connectivity index is 4.28. The number of esters is 1. The first-order chi connectivity index (χ1) is 17.1. The molecule has 0 aliphatic heterocycles. The van der Waals surface area contributed by atoms with Crippen molar-refractivity contribution in [3.05, 3.63) is 0 Å². The average molecular weight is 527 g/mol. The minimum absolute atomic E-state index is 0.00574. The zero-order chi connectivity index (χ0) is 27.1. The van der Waals surface area contributed by atoms with Gasteiger partial charge in [0.05, 0.1) is 0 Å². The molecule has 0 spiro atoms. The van der Waals surface area contributed by atoms with Gasteiger partial charge in [0.15, 0.2) is 8.32 Å². The third-order valence-corrected chi connectivity index (χ3v) is 12.7. The summed E-state index contributed by atoms with van der Waals surface area (Å²) >= 11 is 0. The highest BCUT2D eigenvalue weighted by molar-refractivity contribution is 6.74. The lowest BCUT2D eigenvalue weighted by atomic mass is 10.0. The summed E-state index contributed by atoms with van der Waals surface area (Å²) in [6, 6.07) is 0. The molecule has 0 N–H and O–H groups in total. The number of rotatable bonds is 25. The smallest absolute Gasteiger partial charge is 0.306 e. The van der Waals surface area contributed by atoms with Crippen LogP contribution in [0.2, 0.25) is 18.1 Å². The second-order valence-electron chi connectivity index (χ2n) is 12.7. The van der Waals surface area contributed by atoms with E-state index in [-0.39, 0.29) is 17.1 Å². The lowest BCUT2D eigenvalue weighted by molar-refractivity contribution is -0.150. The van der Waals surface area contributed by atoms with Crippen molar-refractivity contribution >= 4 is 14.3 Å². The Hall–Kier alpha value is -0.353. The van der Waals surface area contributed by atoms with E-state index < -0.39 is 8.32 Å². The van der Waals surface area contributed by atoms with Gasteiger partial charge in [-0.25, -0.2) is 0 Å². The van der Waals surface area contributed by atoms with Gasteiger partial charge < -0.3 is 9.16 Å². The van der Waals surface area contributed by atoms with Crippen molar-refractivity contribution in [2.75, 3.05) is 6.61 Å². The van der Waals surface area contributed by atoms with Crippen molar-refractivity contribution in [3.8, 4) is 0 Å². The highest BCUT2D eigenvalue weighted by atomic mass is 28.4. The first-order valence-electron chi connectivity index (χ1n) is 16.0. The molecule has 0 aromatic carbocycles. The zero-order valence-electron chi connectivity index (χ0n) is 25.9. The van der Waals surface area contributed by atoms with Crippen molar-refractivity contribution in [1.82, 2.24) is 0 Å². The van der Waals surface area contributed by atoms with Crippen LogP contribution in [-0.2, 0) is 14.0 Å². The normalized spacial score (nSPS) is 13.2. The summed E-state index contributed by atoms with van der Waals surface area (Å²) in [4.78, 5) is 12.6. The maximum absolute atomic E-state index is 12.6. The summed E-state index contributed by atoms with van der Waals surface area (Å²) in [5.74, 6) is 0.00574. The molecule has 4 heteroatoms. The summed E-state index contributed by atoms with van der Waals surface area (Å²) in [5.41, 5.74) is 0. The fraction of sp³-hybridized carbons (Fsp3) is 0.969. The molecule has 0 fully saturated rings. The van der Waals surface area contributed by atoms with Gasteiger partial charge >= 0.3 is 5.97 Å². The molecule has 216 valence electrons. The molecule has 0 aromatic heterocycles. The van der Waals surface area contributed by atoms with Crippen LogP contribution in [0.15, 0.2) is 0 Å². The zero-order valence-corrected chi connectivity index (χ0v) is 26.9. The minimum Gasteiger partial charge on any atom is -0.462 e. The molecule has 0 radical (unpaired) electrons. The van der Waals surface area contributed by atoms with Crippen LogP contribution in [0.25, 0.3) is 0 Å². The van der Waals surface area contributed by atoms with E-state index in [1.807, 2.05) is 0 Å². The molecular weight excluding hydrogens is 460 g/mol. The van der Waals surface area contributed by atoms with Gasteiger partial charge in [-0.05, 0) is 37.4 Å². The summed E-state index contributed by atoms with van der Waals surface area (Å²) in [5, 5.41) is 0.215. The fourth-order valence-corrected chi connectivity index (χ4v) is 5.49. The molecule has 1 atom stereocenters. The van der Waals surface area contributed by atoms with Crippen LogP contribution in [0, 0.1) is 0 Å². The molecule has 0 aliphatic rings. The summed E-state index contributed by atoms with van der Waals surface area (Å²) < 4.78 is 12.4. The Bertz CT molecular complexity index is 498. The molecule has 0 unspecified atom stereocenters. The van der Waals surface area contributed by atoms with Crippen LogP contribution in [0.5, 0.6) is 0 Å². The Kier molecular flexibility index (Phi) is 22.4. The fourth-order valence-electron chi connectivity index (χ4n) is 4.43. The van der Waals surface area contributed by atoms with Crippen molar-refractivity contribution in [2.24, 2.45) is 0 Å². The minimum atomic E-state index is -1.76. The lowest BCUT2D eigenvalue weighted by Crippen LogP contribution is -2.41. The number of hydrogen-bond donors (Lipinski definition) is 0. The monoisotopic (exact) mass is 526 g/mol. The van der Waals surface area contributed by atoms with Gasteiger partial charge in [-0.2, -0.15) is 0 Å². The first-order valence-corrected chi connectivity index (χ1v) is 18.9. The molecule has 36 heavy (non-hydrogen) atoms. The van der Waals surface area contributed by atoms with Gasteiger partial charge in [0.2, 0.25) is 0 Å². The van der Waals surface area contributed by atoms with Crippen molar-refractivity contribution in [1.29, 1.82) is 0 Å². The third kappa shape index (κ3) is 20.7. The molecule has 0 heterocycles. The van der Waals surface area contributed by atoms with Crippen LogP contribution in [0.1, 0.15) is 169 Å². The quantitative estimate of drug-likeness (QED) is 0.0674. The summed E-state index contributed by atoms with van der Waals surface area (Å²) in [6.07, 6.45) is 25.8. The van der Waals surface area contributed by atoms with Crippen molar-refractivity contribution < 1.29 is 14.0 Å². The van der Waals surface area contributed by atoms with E-state index in [0.29, 0.717) is 13.0 Å². The lowest BCUT2D eigenvalue weighted by Gasteiger charge is -2.36. The van der Waals surface area contributed by atoms with Crippen LogP contribution in [0.3, 0.4) is 0 Å². The number of hydrogen-bond acceptors (Lipinski definition) is 3. The van der Waals surface area contributed by atoms with Crippen LogP contribution in [-0.4, -0.2) is 27.0 Å². The van der Waals surface area contributed by atoms with Crippen molar-refractivity contribution in [3.63, 3.8) is 0 Å². The number of carbonyl (C=O) groups excluding carboxylic acids is 1. The molecule has 0 amide bonds. The highest BCUT2D eigenvalue weighted by Crippen LogP contribution is 2.36. The molecule has 0 bridgehead atoms. The van der Waals surface area contributed by atoms with E-state index in [9.17, 15) is 4.79 Å². The number of ether oxygens (including phenoxy) is 1. The van der Waals surface area contributed by atoms with Crippen LogP contribution < -0.4 is 0 Å². The van der Waals surface area contributed by atoms with E-state index in [1.165, 1.54) is 96.3 Å². The molecule has 3 nitrogen and oxygen atoms in total. The maximum atomic E-state index is 12.6. The van der Waals surface area contributed by atoms with E-state index in [2.05, 4.69) is 47.7 Å². The Morgan fingerprint density at radius 1 is 0.639 bits per heavy atom. The molecule has 0 saturated carbocycles. The van der Waals surface area contributed by atoms with E-state index in [0.717, 1.165) is 32.1 Å². The van der Waals surface area contributed by atoms with Gasteiger partial charge in [0.1, 0.15) is 6.10 Å². The Morgan fingerprint density at radius 3 is 1.50 bits per heavy atom. The van der Waals surface area contributed by atoms with Gasteiger partial charge in [0.25, 0.3) is 0 Å². The molecule has 0 aliphatic carbocycles. The van der Waals surface area contributed by atoms with Gasteiger partial charge in [0, 0.05) is 19.4 Å². The van der Waals surface area contributed by atoms with Crippen LogP contribution in [0.4, 0.5) is 0 Å².